The summed E-state index contributed by atoms with van der Waals surface area (Å²) in [6, 6.07) is 5.92. The highest BCUT2D eigenvalue weighted by Crippen LogP contribution is 2.00. The van der Waals surface area contributed by atoms with Gasteiger partial charge in [-0.05, 0) is 12.1 Å². The van der Waals surface area contributed by atoms with Crippen LogP contribution in [0.2, 0.25) is 0 Å². The summed E-state index contributed by atoms with van der Waals surface area (Å²) in [6.07, 6.45) is 0.626. The third kappa shape index (κ3) is 1.69. The highest BCUT2D eigenvalue weighted by molar-refractivity contribution is 5.74. The van der Waals surface area contributed by atoms with Crippen molar-refractivity contribution in [3.8, 4) is 5.75 Å². The van der Waals surface area contributed by atoms with Gasteiger partial charge in [-0.15, -0.1) is 0 Å². The van der Waals surface area contributed by atoms with E-state index in [1.54, 1.807) is 12.1 Å². The van der Waals surface area contributed by atoms with Crippen molar-refractivity contribution in [2.75, 3.05) is 7.11 Å². The van der Waals surface area contributed by atoms with Crippen molar-refractivity contribution in [3.63, 3.8) is 0 Å². The predicted octanol–water partition coefficient (Wildman–Crippen LogP) is 0.868. The molecule has 0 bridgehead atoms. The van der Waals surface area contributed by atoms with Gasteiger partial charge in [-0.3, -0.25) is 9.59 Å². The minimum absolute atomic E-state index is 0.239. The fourth-order valence-corrected chi connectivity index (χ4v) is 0.841. The van der Waals surface area contributed by atoms with E-state index in [0.717, 1.165) is 0 Å². The van der Waals surface area contributed by atoms with Gasteiger partial charge in [0.1, 0.15) is 6.29 Å². The first-order valence-corrected chi connectivity index (χ1v) is 3.41. The molecule has 0 amide bonds. The van der Waals surface area contributed by atoms with Crippen molar-refractivity contribution < 1.29 is 9.53 Å². The molecule has 3 nitrogen and oxygen atoms in total. The summed E-state index contributed by atoms with van der Waals surface area (Å²) in [6.45, 7) is 0. The number of carbonyl (C=O) groups is 1. The molecule has 0 fully saturated rings. The molecule has 0 spiro atoms. The minimum Gasteiger partial charge on any atom is -0.493 e. The zero-order valence-corrected chi connectivity index (χ0v) is 6.61. The summed E-state index contributed by atoms with van der Waals surface area (Å²) in [5.41, 5.74) is 0.0629. The summed E-state index contributed by atoms with van der Waals surface area (Å²) >= 11 is 0. The van der Waals surface area contributed by atoms with Crippen LogP contribution in [-0.2, 0) is 0 Å². The Labute approximate surface area is 69.6 Å². The van der Waals surface area contributed by atoms with E-state index in [9.17, 15) is 9.59 Å². The molecule has 0 aliphatic rings. The van der Waals surface area contributed by atoms with Gasteiger partial charge in [0.2, 0.25) is 5.43 Å². The van der Waals surface area contributed by atoms with Gasteiger partial charge < -0.3 is 4.74 Å². The SMILES string of the molecule is COc1cccc(C=O)cc1=O. The molecule has 12 heavy (non-hydrogen) atoms. The number of methoxy groups -OCH3 is 1. The Morgan fingerprint density at radius 3 is 2.75 bits per heavy atom. The Morgan fingerprint density at radius 1 is 1.42 bits per heavy atom. The standard InChI is InChI=1S/C9H8O3/c1-12-9-4-2-3-7(6-10)5-8(9)11/h2-6H,1H3. The number of ether oxygens (including phenoxy) is 1. The normalized spacial score (nSPS) is 9.08. The number of aldehydes is 1. The second-order valence-electron chi connectivity index (χ2n) is 2.22. The number of carbonyl (C=O) groups excluding carboxylic acids is 1. The van der Waals surface area contributed by atoms with E-state index in [-0.39, 0.29) is 11.2 Å². The summed E-state index contributed by atoms with van der Waals surface area (Å²) in [5.74, 6) is 0.239. The summed E-state index contributed by atoms with van der Waals surface area (Å²) < 4.78 is 4.78. The van der Waals surface area contributed by atoms with Crippen molar-refractivity contribution in [1.29, 1.82) is 0 Å². The maximum absolute atomic E-state index is 11.1. The highest BCUT2D eigenvalue weighted by atomic mass is 16.5. The van der Waals surface area contributed by atoms with Crippen molar-refractivity contribution in [2.45, 2.75) is 0 Å². The smallest absolute Gasteiger partial charge is 0.221 e. The largest absolute Gasteiger partial charge is 0.493 e. The fraction of sp³-hybridized carbons (Fsp3) is 0.111. The summed E-state index contributed by atoms with van der Waals surface area (Å²) in [5, 5.41) is 0. The lowest BCUT2D eigenvalue weighted by molar-refractivity contribution is 0.112. The number of hydrogen-bond donors (Lipinski definition) is 0. The van der Waals surface area contributed by atoms with Gasteiger partial charge in [-0.25, -0.2) is 0 Å². The fourth-order valence-electron chi connectivity index (χ4n) is 0.841. The zero-order chi connectivity index (χ0) is 8.97. The first kappa shape index (κ1) is 8.46. The Kier molecular flexibility index (Phi) is 2.58. The first-order chi connectivity index (χ1) is 5.77. The molecule has 0 saturated heterocycles. The Hall–Kier alpha value is -1.64. The van der Waals surface area contributed by atoms with Crippen LogP contribution in [0.15, 0.2) is 29.1 Å². The second-order valence-corrected chi connectivity index (χ2v) is 2.22. The lowest BCUT2D eigenvalue weighted by atomic mass is 10.3. The maximum Gasteiger partial charge on any atom is 0.221 e. The Morgan fingerprint density at radius 2 is 2.17 bits per heavy atom. The van der Waals surface area contributed by atoms with Gasteiger partial charge in [0, 0.05) is 5.56 Å². The average Bonchev–Trinajstić information content (AvgIpc) is 2.26. The molecule has 1 rings (SSSR count). The van der Waals surface area contributed by atoms with Crippen molar-refractivity contribution in [3.05, 3.63) is 40.1 Å². The molecule has 1 aromatic carbocycles. The van der Waals surface area contributed by atoms with Gasteiger partial charge in [-0.2, -0.15) is 0 Å². The molecule has 0 N–H and O–H groups in total. The molecule has 0 aliphatic heterocycles. The van der Waals surface area contributed by atoms with E-state index >= 15 is 0 Å². The van der Waals surface area contributed by atoms with Crippen LogP contribution in [0.1, 0.15) is 10.4 Å². The van der Waals surface area contributed by atoms with Crippen LogP contribution in [0.4, 0.5) is 0 Å². The van der Waals surface area contributed by atoms with Crippen LogP contribution < -0.4 is 10.2 Å². The van der Waals surface area contributed by atoms with Crippen LogP contribution >= 0.6 is 0 Å². The van der Waals surface area contributed by atoms with Gasteiger partial charge >= 0.3 is 0 Å². The maximum atomic E-state index is 11.1. The molecule has 0 unspecified atom stereocenters. The molecule has 62 valence electrons. The summed E-state index contributed by atoms with van der Waals surface area (Å²) in [4.78, 5) is 21.5. The van der Waals surface area contributed by atoms with Crippen LogP contribution in [-0.4, -0.2) is 13.4 Å². The lowest BCUT2D eigenvalue weighted by Gasteiger charge is -1.89. The number of rotatable bonds is 2. The molecule has 0 saturated carbocycles. The van der Waals surface area contributed by atoms with Gasteiger partial charge in [0.25, 0.3) is 0 Å². The lowest BCUT2D eigenvalue weighted by Crippen LogP contribution is -2.00. The van der Waals surface area contributed by atoms with E-state index in [4.69, 9.17) is 4.74 Å². The molecular weight excluding hydrogens is 156 g/mol. The number of hydrogen-bond acceptors (Lipinski definition) is 3. The monoisotopic (exact) mass is 164 g/mol. The second kappa shape index (κ2) is 3.67. The van der Waals surface area contributed by atoms with E-state index in [1.807, 2.05) is 0 Å². The Bertz CT molecular complexity index is 344. The van der Waals surface area contributed by atoms with Crippen LogP contribution in [0, 0.1) is 0 Å². The van der Waals surface area contributed by atoms with Crippen molar-refractivity contribution in [2.24, 2.45) is 0 Å². The molecule has 1 aromatic rings. The topological polar surface area (TPSA) is 43.4 Å². The third-order valence-corrected chi connectivity index (χ3v) is 1.43. The molecule has 0 radical (unpaired) electrons. The quantitative estimate of drug-likeness (QED) is 0.609. The van der Waals surface area contributed by atoms with Crippen LogP contribution in [0.5, 0.6) is 5.75 Å². The highest BCUT2D eigenvalue weighted by Gasteiger charge is 1.95. The molecule has 0 aliphatic carbocycles. The molecule has 3 heteroatoms. The van der Waals surface area contributed by atoms with Gasteiger partial charge in [0.15, 0.2) is 5.75 Å². The van der Waals surface area contributed by atoms with Crippen LogP contribution in [0.25, 0.3) is 0 Å². The van der Waals surface area contributed by atoms with Gasteiger partial charge in [-0.1, -0.05) is 12.1 Å². The van der Waals surface area contributed by atoms with E-state index in [1.165, 1.54) is 19.2 Å². The summed E-state index contributed by atoms with van der Waals surface area (Å²) in [7, 11) is 1.41. The zero-order valence-electron chi connectivity index (χ0n) is 6.61. The minimum atomic E-state index is -0.287. The van der Waals surface area contributed by atoms with Gasteiger partial charge in [0.05, 0.1) is 7.11 Å². The van der Waals surface area contributed by atoms with Crippen LogP contribution in [0.3, 0.4) is 0 Å². The molecular formula is C9H8O3. The third-order valence-electron chi connectivity index (χ3n) is 1.43. The van der Waals surface area contributed by atoms with Crippen molar-refractivity contribution in [1.82, 2.24) is 0 Å². The Balaban J connectivity index is 3.36. The molecule has 0 aromatic heterocycles. The molecule has 0 heterocycles. The average molecular weight is 164 g/mol. The predicted molar refractivity (Wildman–Crippen MR) is 44.7 cm³/mol. The van der Waals surface area contributed by atoms with Crippen molar-refractivity contribution >= 4 is 6.29 Å². The molecule has 0 atom stereocenters. The van der Waals surface area contributed by atoms with E-state index in [0.29, 0.717) is 11.8 Å². The van der Waals surface area contributed by atoms with E-state index in [2.05, 4.69) is 0 Å². The van der Waals surface area contributed by atoms with E-state index < -0.39 is 0 Å². The first-order valence-electron chi connectivity index (χ1n) is 3.41.